The molecule has 96 valence electrons. The van der Waals surface area contributed by atoms with E-state index in [-0.39, 0.29) is 11.7 Å². The fraction of sp³-hybridized carbons (Fsp3) is 0.455. The number of rotatable bonds is 2. The summed E-state index contributed by atoms with van der Waals surface area (Å²) in [6.07, 6.45) is -1.32. The van der Waals surface area contributed by atoms with Crippen LogP contribution in [0.15, 0.2) is 22.1 Å². The molecule has 1 heterocycles. The Morgan fingerprint density at radius 1 is 1.44 bits per heavy atom. The van der Waals surface area contributed by atoms with Crippen molar-refractivity contribution in [3.63, 3.8) is 0 Å². The quantitative estimate of drug-likeness (QED) is 0.612. The fourth-order valence-electron chi connectivity index (χ4n) is 1.81. The Balaban J connectivity index is 2.61. The largest absolute Gasteiger partial charge is 0.417 e. The Kier molecular flexibility index (Phi) is 3.36. The molecule has 0 unspecified atom stereocenters. The van der Waals surface area contributed by atoms with Gasteiger partial charge >= 0.3 is 6.18 Å². The summed E-state index contributed by atoms with van der Waals surface area (Å²) < 4.78 is 39.2. The Labute approximate surface area is 106 Å². The van der Waals surface area contributed by atoms with Crippen molar-refractivity contribution in [2.45, 2.75) is 31.5 Å². The summed E-state index contributed by atoms with van der Waals surface area (Å²) in [5, 5.41) is 1.93. The van der Waals surface area contributed by atoms with Gasteiger partial charge in [0.2, 0.25) is 0 Å². The standard InChI is InChI=1S/C11H9F3N2OS/c12-11(13,14)7-4-9(15-6-18)10(17)16(5-7)8-2-1-3-8/h4-5,8H,1-3H2. The van der Waals surface area contributed by atoms with Gasteiger partial charge in [-0.1, -0.05) is 0 Å². The predicted molar refractivity (Wildman–Crippen MR) is 63.3 cm³/mol. The van der Waals surface area contributed by atoms with E-state index in [9.17, 15) is 18.0 Å². The van der Waals surface area contributed by atoms with Crippen molar-refractivity contribution in [3.8, 4) is 0 Å². The number of halogens is 3. The highest BCUT2D eigenvalue weighted by Crippen LogP contribution is 2.34. The third-order valence-corrected chi connectivity index (χ3v) is 3.08. The summed E-state index contributed by atoms with van der Waals surface area (Å²) in [6.45, 7) is 0. The van der Waals surface area contributed by atoms with E-state index in [1.807, 2.05) is 5.16 Å². The van der Waals surface area contributed by atoms with Gasteiger partial charge in [0.15, 0.2) is 0 Å². The highest BCUT2D eigenvalue weighted by molar-refractivity contribution is 7.78. The highest BCUT2D eigenvalue weighted by atomic mass is 32.1. The second-order valence-corrected chi connectivity index (χ2v) is 4.29. The molecule has 1 aromatic heterocycles. The maximum absolute atomic E-state index is 12.7. The normalized spacial score (nSPS) is 15.9. The molecule has 1 aliphatic carbocycles. The molecule has 0 saturated heterocycles. The topological polar surface area (TPSA) is 34.4 Å². The first-order chi connectivity index (χ1) is 8.43. The maximum atomic E-state index is 12.7. The van der Waals surface area contributed by atoms with E-state index in [0.717, 1.165) is 17.2 Å². The Bertz CT molecular complexity index is 569. The van der Waals surface area contributed by atoms with E-state index in [1.54, 1.807) is 0 Å². The number of alkyl halides is 3. The van der Waals surface area contributed by atoms with Crippen LogP contribution in [-0.2, 0) is 6.18 Å². The summed E-state index contributed by atoms with van der Waals surface area (Å²) in [6, 6.07) is 0.537. The van der Waals surface area contributed by atoms with Crippen molar-refractivity contribution < 1.29 is 13.2 Å². The number of nitrogens with zero attached hydrogens (tertiary/aromatic N) is 2. The molecular formula is C11H9F3N2OS. The first kappa shape index (κ1) is 13.0. The molecule has 1 aromatic rings. The molecule has 7 heteroatoms. The van der Waals surface area contributed by atoms with Crippen LogP contribution in [0, 0.1) is 0 Å². The second kappa shape index (κ2) is 4.66. The van der Waals surface area contributed by atoms with Crippen LogP contribution in [0.2, 0.25) is 0 Å². The average Bonchev–Trinajstić information content (AvgIpc) is 2.19. The molecule has 0 atom stereocenters. The Morgan fingerprint density at radius 2 is 2.11 bits per heavy atom. The number of hydrogen-bond acceptors (Lipinski definition) is 3. The molecule has 2 rings (SSSR count). The lowest BCUT2D eigenvalue weighted by molar-refractivity contribution is -0.138. The maximum Gasteiger partial charge on any atom is 0.417 e. The van der Waals surface area contributed by atoms with Gasteiger partial charge in [-0.05, 0) is 37.5 Å². The molecule has 1 aliphatic rings. The summed E-state index contributed by atoms with van der Waals surface area (Å²) in [7, 11) is 0. The van der Waals surface area contributed by atoms with Crippen LogP contribution in [0.25, 0.3) is 0 Å². The predicted octanol–water partition coefficient (Wildman–Crippen LogP) is 3.33. The highest BCUT2D eigenvalue weighted by Gasteiger charge is 2.33. The van der Waals surface area contributed by atoms with Gasteiger partial charge in [-0.3, -0.25) is 4.79 Å². The zero-order valence-electron chi connectivity index (χ0n) is 9.20. The third-order valence-electron chi connectivity index (χ3n) is 2.99. The molecule has 0 aliphatic heterocycles. The SMILES string of the molecule is O=c1c(N=C=S)cc(C(F)(F)F)cn1C1CCC1. The van der Waals surface area contributed by atoms with Crippen LogP contribution in [0.4, 0.5) is 18.9 Å². The number of thiocarbonyl (C=S) groups is 1. The summed E-state index contributed by atoms with van der Waals surface area (Å²) in [5.41, 5.74) is -1.75. The van der Waals surface area contributed by atoms with Gasteiger partial charge in [0.1, 0.15) is 5.69 Å². The molecule has 0 N–H and O–H groups in total. The van der Waals surface area contributed by atoms with Gasteiger partial charge in [-0.2, -0.15) is 18.2 Å². The van der Waals surface area contributed by atoms with Crippen LogP contribution in [0.1, 0.15) is 30.9 Å². The molecule has 1 fully saturated rings. The van der Waals surface area contributed by atoms with E-state index >= 15 is 0 Å². The number of pyridine rings is 1. The minimum Gasteiger partial charge on any atom is -0.310 e. The van der Waals surface area contributed by atoms with Crippen LogP contribution in [0.5, 0.6) is 0 Å². The van der Waals surface area contributed by atoms with Gasteiger partial charge in [-0.15, -0.1) is 0 Å². The minimum atomic E-state index is -4.51. The molecular weight excluding hydrogens is 265 g/mol. The summed E-state index contributed by atoms with van der Waals surface area (Å²) >= 11 is 4.34. The van der Waals surface area contributed by atoms with Crippen molar-refractivity contribution in [3.05, 3.63) is 28.2 Å². The average molecular weight is 274 g/mol. The van der Waals surface area contributed by atoms with Crippen molar-refractivity contribution in [2.75, 3.05) is 0 Å². The first-order valence-electron chi connectivity index (χ1n) is 5.34. The zero-order chi connectivity index (χ0) is 13.3. The van der Waals surface area contributed by atoms with Crippen molar-refractivity contribution in [2.24, 2.45) is 4.99 Å². The zero-order valence-corrected chi connectivity index (χ0v) is 10.0. The second-order valence-electron chi connectivity index (χ2n) is 4.11. The summed E-state index contributed by atoms with van der Waals surface area (Å²) in [5.74, 6) is 0. The fourth-order valence-corrected chi connectivity index (χ4v) is 1.91. The van der Waals surface area contributed by atoms with Crippen LogP contribution in [0.3, 0.4) is 0 Å². The smallest absolute Gasteiger partial charge is 0.310 e. The number of aliphatic imine (C=N–C) groups is 1. The van der Waals surface area contributed by atoms with Crippen LogP contribution < -0.4 is 5.56 Å². The number of hydrogen-bond donors (Lipinski definition) is 0. The van der Waals surface area contributed by atoms with E-state index in [1.165, 1.54) is 0 Å². The monoisotopic (exact) mass is 274 g/mol. The molecule has 0 spiro atoms. The van der Waals surface area contributed by atoms with Crippen molar-refractivity contribution in [1.29, 1.82) is 0 Å². The van der Waals surface area contributed by atoms with Gasteiger partial charge < -0.3 is 4.57 Å². The molecule has 1 saturated carbocycles. The lowest BCUT2D eigenvalue weighted by Crippen LogP contribution is -2.29. The van der Waals surface area contributed by atoms with Crippen molar-refractivity contribution in [1.82, 2.24) is 4.57 Å². The molecule has 18 heavy (non-hydrogen) atoms. The van der Waals surface area contributed by atoms with Crippen LogP contribution in [-0.4, -0.2) is 9.73 Å². The molecule has 0 bridgehead atoms. The molecule has 0 radical (unpaired) electrons. The van der Waals surface area contributed by atoms with Gasteiger partial charge in [0.05, 0.1) is 10.7 Å². The third kappa shape index (κ3) is 2.37. The Hall–Kier alpha value is -1.46. The van der Waals surface area contributed by atoms with E-state index < -0.39 is 17.3 Å². The van der Waals surface area contributed by atoms with Crippen LogP contribution >= 0.6 is 12.2 Å². The lowest BCUT2D eigenvalue weighted by atomic mass is 9.92. The Morgan fingerprint density at radius 3 is 2.56 bits per heavy atom. The molecule has 0 amide bonds. The molecule has 3 nitrogen and oxygen atoms in total. The van der Waals surface area contributed by atoms with Gasteiger partial charge in [-0.25, -0.2) is 0 Å². The number of aromatic nitrogens is 1. The van der Waals surface area contributed by atoms with E-state index in [0.29, 0.717) is 18.9 Å². The first-order valence-corrected chi connectivity index (χ1v) is 5.75. The summed E-state index contributed by atoms with van der Waals surface area (Å²) in [4.78, 5) is 15.3. The van der Waals surface area contributed by atoms with Gasteiger partial charge in [0.25, 0.3) is 5.56 Å². The minimum absolute atomic E-state index is 0.168. The van der Waals surface area contributed by atoms with Crippen molar-refractivity contribution >= 4 is 23.1 Å². The lowest BCUT2D eigenvalue weighted by Gasteiger charge is -2.28. The van der Waals surface area contributed by atoms with E-state index in [2.05, 4.69) is 17.2 Å². The molecule has 0 aromatic carbocycles. The number of isothiocyanates is 1. The van der Waals surface area contributed by atoms with E-state index in [4.69, 9.17) is 0 Å². The van der Waals surface area contributed by atoms with Gasteiger partial charge in [0, 0.05) is 12.2 Å².